The smallest absolute Gasteiger partial charge is 0.251 e. The Morgan fingerprint density at radius 3 is 2.78 bits per heavy atom. The van der Waals surface area contributed by atoms with E-state index in [-0.39, 0.29) is 5.91 Å². The van der Waals surface area contributed by atoms with Crippen molar-refractivity contribution in [1.29, 1.82) is 0 Å². The van der Waals surface area contributed by atoms with Gasteiger partial charge < -0.3 is 15.8 Å². The number of carbonyl (C=O) groups excluding carboxylic acids is 1. The molecule has 0 atom stereocenters. The molecule has 0 spiro atoms. The maximum Gasteiger partial charge on any atom is 0.251 e. The van der Waals surface area contributed by atoms with E-state index >= 15 is 0 Å². The second kappa shape index (κ2) is 5.87. The first-order chi connectivity index (χ1) is 8.65. The molecule has 1 aliphatic rings. The van der Waals surface area contributed by atoms with Gasteiger partial charge in [0.2, 0.25) is 0 Å². The maximum atomic E-state index is 12.0. The second-order valence-corrected chi connectivity index (χ2v) is 4.90. The zero-order chi connectivity index (χ0) is 13.0. The molecule has 1 saturated heterocycles. The Hall–Kier alpha value is -1.55. The molecule has 0 bridgehead atoms. The lowest BCUT2D eigenvalue weighted by atomic mass is 10.0. The molecule has 2 rings (SSSR count). The fourth-order valence-corrected chi connectivity index (χ4v) is 2.23. The number of amides is 1. The number of ether oxygens (including phenoxy) is 1. The fraction of sp³-hybridized carbons (Fsp3) is 0.500. The van der Waals surface area contributed by atoms with Gasteiger partial charge in [0.15, 0.2) is 0 Å². The number of hydrogen-bond donors (Lipinski definition) is 2. The second-order valence-electron chi connectivity index (χ2n) is 4.90. The lowest BCUT2D eigenvalue weighted by Crippen LogP contribution is -2.32. The Balaban J connectivity index is 1.90. The van der Waals surface area contributed by atoms with E-state index < -0.39 is 0 Å². The summed E-state index contributed by atoms with van der Waals surface area (Å²) in [5.41, 5.74) is 8.01. The molecule has 1 fully saturated rings. The fourth-order valence-electron chi connectivity index (χ4n) is 2.23. The van der Waals surface area contributed by atoms with Gasteiger partial charge in [-0.15, -0.1) is 0 Å². The highest BCUT2D eigenvalue weighted by molar-refractivity contribution is 5.95. The van der Waals surface area contributed by atoms with Crippen molar-refractivity contribution in [2.24, 2.45) is 5.92 Å². The molecular formula is C14H20N2O2. The Morgan fingerprint density at radius 2 is 2.11 bits per heavy atom. The molecule has 0 aliphatic carbocycles. The van der Waals surface area contributed by atoms with Crippen molar-refractivity contribution in [2.75, 3.05) is 25.5 Å². The van der Waals surface area contributed by atoms with Crippen LogP contribution in [0.25, 0.3) is 0 Å². The lowest BCUT2D eigenvalue weighted by molar-refractivity contribution is 0.0642. The Morgan fingerprint density at radius 1 is 1.39 bits per heavy atom. The van der Waals surface area contributed by atoms with Crippen molar-refractivity contribution in [3.8, 4) is 0 Å². The van der Waals surface area contributed by atoms with Gasteiger partial charge in [-0.25, -0.2) is 0 Å². The summed E-state index contributed by atoms with van der Waals surface area (Å²) >= 11 is 0. The summed E-state index contributed by atoms with van der Waals surface area (Å²) in [7, 11) is 0. The van der Waals surface area contributed by atoms with E-state index in [1.165, 1.54) is 0 Å². The van der Waals surface area contributed by atoms with Crippen LogP contribution in [0.15, 0.2) is 18.2 Å². The maximum absolute atomic E-state index is 12.0. The highest BCUT2D eigenvalue weighted by atomic mass is 16.5. The Labute approximate surface area is 108 Å². The van der Waals surface area contributed by atoms with E-state index in [1.54, 1.807) is 6.07 Å². The molecule has 4 heteroatoms. The van der Waals surface area contributed by atoms with E-state index in [2.05, 4.69) is 5.32 Å². The van der Waals surface area contributed by atoms with Crippen molar-refractivity contribution in [3.05, 3.63) is 29.3 Å². The monoisotopic (exact) mass is 248 g/mol. The van der Waals surface area contributed by atoms with E-state index in [9.17, 15) is 4.79 Å². The first kappa shape index (κ1) is 12.9. The number of benzene rings is 1. The van der Waals surface area contributed by atoms with Gasteiger partial charge in [-0.3, -0.25) is 4.79 Å². The number of nitrogen functional groups attached to an aromatic ring is 1. The number of anilines is 1. The van der Waals surface area contributed by atoms with Crippen molar-refractivity contribution in [1.82, 2.24) is 5.32 Å². The molecule has 0 aromatic heterocycles. The van der Waals surface area contributed by atoms with E-state index in [4.69, 9.17) is 10.5 Å². The lowest BCUT2D eigenvalue weighted by Gasteiger charge is -2.22. The number of nitrogens with two attached hydrogens (primary N) is 1. The minimum atomic E-state index is -0.0445. The molecule has 18 heavy (non-hydrogen) atoms. The topological polar surface area (TPSA) is 64.4 Å². The van der Waals surface area contributed by atoms with Crippen LogP contribution in [0.3, 0.4) is 0 Å². The summed E-state index contributed by atoms with van der Waals surface area (Å²) in [6.45, 7) is 4.26. The molecule has 1 aliphatic heterocycles. The standard InChI is InChI=1S/C14H20N2O2/c1-10-6-12(8-13(15)7-10)14(17)16-9-11-2-4-18-5-3-11/h6-8,11H,2-5,9,15H2,1H3,(H,16,17). The van der Waals surface area contributed by atoms with Crippen molar-refractivity contribution >= 4 is 11.6 Å². The predicted octanol–water partition coefficient (Wildman–Crippen LogP) is 1.73. The molecule has 1 aromatic carbocycles. The summed E-state index contributed by atoms with van der Waals surface area (Å²) in [5.74, 6) is 0.488. The molecule has 4 nitrogen and oxygen atoms in total. The zero-order valence-corrected chi connectivity index (χ0v) is 10.7. The van der Waals surface area contributed by atoms with Crippen molar-refractivity contribution in [2.45, 2.75) is 19.8 Å². The van der Waals surface area contributed by atoms with Gasteiger partial charge in [-0.1, -0.05) is 0 Å². The van der Waals surface area contributed by atoms with Crippen LogP contribution < -0.4 is 11.1 Å². The van der Waals surface area contributed by atoms with E-state index in [0.717, 1.165) is 38.2 Å². The summed E-state index contributed by atoms with van der Waals surface area (Å²) in [5, 5.41) is 2.97. The van der Waals surface area contributed by atoms with Gasteiger partial charge in [-0.2, -0.15) is 0 Å². The first-order valence-electron chi connectivity index (χ1n) is 6.38. The van der Waals surface area contributed by atoms with Gasteiger partial charge in [0.05, 0.1) is 0 Å². The zero-order valence-electron chi connectivity index (χ0n) is 10.7. The van der Waals surface area contributed by atoms with Gasteiger partial charge in [-0.05, 0) is 49.4 Å². The summed E-state index contributed by atoms with van der Waals surface area (Å²) < 4.78 is 5.29. The third-order valence-electron chi connectivity index (χ3n) is 3.25. The molecule has 98 valence electrons. The van der Waals surface area contributed by atoms with Crippen molar-refractivity contribution < 1.29 is 9.53 Å². The van der Waals surface area contributed by atoms with Crippen LogP contribution in [0.4, 0.5) is 5.69 Å². The Kier molecular flexibility index (Phi) is 4.20. The van der Waals surface area contributed by atoms with Crippen LogP contribution in [-0.2, 0) is 4.74 Å². The van der Waals surface area contributed by atoms with Gasteiger partial charge >= 0.3 is 0 Å². The molecule has 0 saturated carbocycles. The Bertz CT molecular complexity index is 406. The van der Waals surface area contributed by atoms with Gasteiger partial charge in [0, 0.05) is 31.0 Å². The average Bonchev–Trinajstić information content (AvgIpc) is 2.36. The number of hydrogen-bond acceptors (Lipinski definition) is 3. The third kappa shape index (κ3) is 3.47. The third-order valence-corrected chi connectivity index (χ3v) is 3.25. The average molecular weight is 248 g/mol. The summed E-state index contributed by atoms with van der Waals surface area (Å²) in [4.78, 5) is 12.0. The molecular weight excluding hydrogens is 228 g/mol. The van der Waals surface area contributed by atoms with Crippen LogP contribution in [-0.4, -0.2) is 25.7 Å². The summed E-state index contributed by atoms with van der Waals surface area (Å²) in [6, 6.07) is 5.43. The van der Waals surface area contributed by atoms with Crippen LogP contribution in [0.5, 0.6) is 0 Å². The van der Waals surface area contributed by atoms with Crippen LogP contribution >= 0.6 is 0 Å². The van der Waals surface area contributed by atoms with Gasteiger partial charge in [0.25, 0.3) is 5.91 Å². The molecule has 1 heterocycles. The molecule has 1 amide bonds. The van der Waals surface area contributed by atoms with Crippen LogP contribution in [0.1, 0.15) is 28.8 Å². The van der Waals surface area contributed by atoms with Crippen LogP contribution in [0.2, 0.25) is 0 Å². The number of aryl methyl sites for hydroxylation is 1. The number of nitrogens with one attached hydrogen (secondary N) is 1. The molecule has 0 unspecified atom stereocenters. The quantitative estimate of drug-likeness (QED) is 0.801. The molecule has 1 aromatic rings. The van der Waals surface area contributed by atoms with E-state index in [0.29, 0.717) is 17.2 Å². The normalized spacial score (nSPS) is 16.5. The SMILES string of the molecule is Cc1cc(N)cc(C(=O)NCC2CCOCC2)c1. The highest BCUT2D eigenvalue weighted by Crippen LogP contribution is 2.14. The number of carbonyl (C=O) groups is 1. The highest BCUT2D eigenvalue weighted by Gasteiger charge is 2.15. The largest absolute Gasteiger partial charge is 0.399 e. The predicted molar refractivity (Wildman–Crippen MR) is 71.5 cm³/mol. The minimum absolute atomic E-state index is 0.0445. The summed E-state index contributed by atoms with van der Waals surface area (Å²) in [6.07, 6.45) is 2.05. The first-order valence-corrected chi connectivity index (χ1v) is 6.38. The molecule has 0 radical (unpaired) electrons. The van der Waals surface area contributed by atoms with Crippen molar-refractivity contribution in [3.63, 3.8) is 0 Å². The number of rotatable bonds is 3. The van der Waals surface area contributed by atoms with E-state index in [1.807, 2.05) is 19.1 Å². The van der Waals surface area contributed by atoms with Gasteiger partial charge in [0.1, 0.15) is 0 Å². The minimum Gasteiger partial charge on any atom is -0.399 e. The van der Waals surface area contributed by atoms with Crippen LogP contribution in [0, 0.1) is 12.8 Å². The molecule has 3 N–H and O–H groups in total.